The molecule has 0 aliphatic carbocycles. The third kappa shape index (κ3) is 6.78. The molecule has 0 aliphatic rings. The first kappa shape index (κ1) is 27.8. The maximum atomic E-state index is 7.40. The van der Waals surface area contributed by atoms with Crippen LogP contribution in [0.5, 0.6) is 0 Å². The lowest BCUT2D eigenvalue weighted by atomic mass is 10.2. The molecule has 2 nitrogen and oxygen atoms in total. The molecule has 0 unspecified atom stereocenters. The number of benzene rings is 2. The summed E-state index contributed by atoms with van der Waals surface area (Å²) in [6, 6.07) is 21.9. The van der Waals surface area contributed by atoms with Crippen molar-refractivity contribution in [1.29, 1.82) is 0 Å². The highest BCUT2D eigenvalue weighted by Gasteiger charge is 2.51. The Kier molecular flexibility index (Phi) is 9.52. The first-order chi connectivity index (χ1) is 15.3. The summed E-state index contributed by atoms with van der Waals surface area (Å²) in [5.74, 6) is 0. The fourth-order valence-corrected chi connectivity index (χ4v) is 9.91. The minimum Gasteiger partial charge on any atom is -0.417 e. The van der Waals surface area contributed by atoms with Crippen molar-refractivity contribution in [3.05, 3.63) is 72.8 Å². The van der Waals surface area contributed by atoms with Crippen molar-refractivity contribution in [1.82, 2.24) is 0 Å². The van der Waals surface area contributed by atoms with E-state index in [-0.39, 0.29) is 16.2 Å². The van der Waals surface area contributed by atoms with E-state index in [4.69, 9.17) is 8.85 Å². The van der Waals surface area contributed by atoms with Gasteiger partial charge in [-0.2, -0.15) is 0 Å². The summed E-state index contributed by atoms with van der Waals surface area (Å²) in [6.45, 7) is 21.4. The molecule has 2 aromatic carbocycles. The van der Waals surface area contributed by atoms with Gasteiger partial charge in [-0.3, -0.25) is 0 Å². The summed E-state index contributed by atoms with van der Waals surface area (Å²) >= 11 is 0. The average Bonchev–Trinajstić information content (AvgIpc) is 2.74. The molecule has 0 radical (unpaired) electrons. The third-order valence-corrected chi connectivity index (χ3v) is 16.7. The van der Waals surface area contributed by atoms with Crippen molar-refractivity contribution in [3.8, 4) is 0 Å². The van der Waals surface area contributed by atoms with Crippen molar-refractivity contribution in [2.24, 2.45) is 0 Å². The zero-order valence-corrected chi connectivity index (χ0v) is 24.4. The predicted molar refractivity (Wildman–Crippen MR) is 150 cm³/mol. The van der Waals surface area contributed by atoms with Gasteiger partial charge in [0.15, 0.2) is 8.32 Å². The molecular weight excluding hydrogens is 436 g/mol. The Balaban J connectivity index is 2.46. The van der Waals surface area contributed by atoms with Gasteiger partial charge < -0.3 is 8.85 Å². The van der Waals surface area contributed by atoms with Crippen LogP contribution in [0.3, 0.4) is 0 Å². The minimum atomic E-state index is -2.57. The number of hydrogen-bond donors (Lipinski definition) is 0. The van der Waals surface area contributed by atoms with Crippen molar-refractivity contribution in [2.75, 3.05) is 6.61 Å². The predicted octanol–water partition coefficient (Wildman–Crippen LogP) is 7.31. The number of allylic oxidation sites excluding steroid dienone is 1. The molecule has 4 heteroatoms. The van der Waals surface area contributed by atoms with Crippen LogP contribution in [0.15, 0.2) is 72.8 Å². The molecule has 0 amide bonds. The van der Waals surface area contributed by atoms with E-state index in [0.29, 0.717) is 0 Å². The summed E-state index contributed by atoms with van der Waals surface area (Å²) in [5, 5.41) is 2.86. The summed E-state index contributed by atoms with van der Waals surface area (Å²) in [5.41, 5.74) is 0. The van der Waals surface area contributed by atoms with Crippen LogP contribution >= 0.6 is 0 Å². The molecule has 0 N–H and O–H groups in total. The molecule has 1 atom stereocenters. The van der Waals surface area contributed by atoms with E-state index < -0.39 is 16.6 Å². The van der Waals surface area contributed by atoms with Crippen LogP contribution in [0.1, 0.15) is 61.3 Å². The van der Waals surface area contributed by atoms with Crippen LogP contribution < -0.4 is 10.4 Å². The Bertz CT molecular complexity index is 822. The molecule has 2 rings (SSSR count). The lowest BCUT2D eigenvalue weighted by Crippen LogP contribution is -2.67. The summed E-state index contributed by atoms with van der Waals surface area (Å²) in [4.78, 5) is 0. The van der Waals surface area contributed by atoms with Crippen molar-refractivity contribution in [2.45, 2.75) is 90.6 Å². The highest BCUT2D eigenvalue weighted by molar-refractivity contribution is 6.99. The molecule has 33 heavy (non-hydrogen) atoms. The number of hydrogen-bond acceptors (Lipinski definition) is 2. The van der Waals surface area contributed by atoms with E-state index in [2.05, 4.69) is 134 Å². The quantitative estimate of drug-likeness (QED) is 0.261. The average molecular weight is 483 g/mol. The van der Waals surface area contributed by atoms with Crippen LogP contribution in [0.25, 0.3) is 0 Å². The van der Waals surface area contributed by atoms with E-state index in [1.54, 1.807) is 0 Å². The lowest BCUT2D eigenvalue weighted by Gasteiger charge is -2.45. The first-order valence-electron chi connectivity index (χ1n) is 12.4. The molecule has 0 bridgehead atoms. The SMILES string of the molecule is CC=CC[C@@H](CCO[Si](C)(C)C(C)(C)C)O[Si](c1ccccc1)(c1ccccc1)C(C)(C)C. The normalized spacial score (nSPS) is 14.6. The minimum absolute atomic E-state index is 0.0236. The van der Waals surface area contributed by atoms with Gasteiger partial charge in [-0.15, -0.1) is 0 Å². The van der Waals surface area contributed by atoms with Crippen LogP contribution in [0, 0.1) is 0 Å². The van der Waals surface area contributed by atoms with Gasteiger partial charge in [-0.1, -0.05) is 114 Å². The second-order valence-corrected chi connectivity index (χ2v) is 20.7. The molecule has 0 heterocycles. The van der Waals surface area contributed by atoms with Crippen LogP contribution in [-0.2, 0) is 8.85 Å². The second-order valence-electron chi connectivity index (χ2n) is 11.6. The second kappa shape index (κ2) is 11.3. The standard InChI is InChI=1S/C29H46O2Si2/c1-10-11-18-25(23-24-30-32(8,9)28(2,3)4)31-33(29(5,6)7,26-19-14-12-15-20-26)27-21-16-13-17-22-27/h10-17,19-22,25H,18,23-24H2,1-9H3/t25-/m0/s1. The molecule has 2 aromatic rings. The molecular formula is C29H46O2Si2. The largest absolute Gasteiger partial charge is 0.417 e. The Hall–Kier alpha value is -1.47. The smallest absolute Gasteiger partial charge is 0.261 e. The summed E-state index contributed by atoms with van der Waals surface area (Å²) < 4.78 is 14.0. The van der Waals surface area contributed by atoms with Crippen LogP contribution in [-0.4, -0.2) is 29.3 Å². The van der Waals surface area contributed by atoms with Crippen LogP contribution in [0.2, 0.25) is 23.2 Å². The molecule has 182 valence electrons. The molecule has 0 saturated heterocycles. The Morgan fingerprint density at radius 3 is 1.67 bits per heavy atom. The van der Waals surface area contributed by atoms with E-state index in [9.17, 15) is 0 Å². The van der Waals surface area contributed by atoms with E-state index >= 15 is 0 Å². The fraction of sp³-hybridized carbons (Fsp3) is 0.517. The van der Waals surface area contributed by atoms with Crippen molar-refractivity contribution < 1.29 is 8.85 Å². The monoisotopic (exact) mass is 482 g/mol. The Labute approximate surface area is 205 Å². The maximum Gasteiger partial charge on any atom is 0.261 e. The summed E-state index contributed by atoms with van der Waals surface area (Å²) in [6.07, 6.45) is 6.30. The Morgan fingerprint density at radius 1 is 0.788 bits per heavy atom. The first-order valence-corrected chi connectivity index (χ1v) is 17.2. The van der Waals surface area contributed by atoms with Gasteiger partial charge in [0, 0.05) is 6.61 Å². The topological polar surface area (TPSA) is 18.5 Å². The fourth-order valence-electron chi connectivity index (χ4n) is 4.12. The molecule has 0 aromatic heterocycles. The van der Waals surface area contributed by atoms with Gasteiger partial charge in [0.1, 0.15) is 0 Å². The van der Waals surface area contributed by atoms with Crippen LogP contribution in [0.4, 0.5) is 0 Å². The molecule has 0 spiro atoms. The van der Waals surface area contributed by atoms with Gasteiger partial charge in [-0.25, -0.2) is 0 Å². The van der Waals surface area contributed by atoms with Gasteiger partial charge in [0.2, 0.25) is 0 Å². The van der Waals surface area contributed by atoms with E-state index in [1.165, 1.54) is 10.4 Å². The maximum absolute atomic E-state index is 7.40. The van der Waals surface area contributed by atoms with Crippen molar-refractivity contribution in [3.63, 3.8) is 0 Å². The van der Waals surface area contributed by atoms with E-state index in [0.717, 1.165) is 19.4 Å². The van der Waals surface area contributed by atoms with Gasteiger partial charge in [0.25, 0.3) is 8.32 Å². The highest BCUT2D eigenvalue weighted by Crippen LogP contribution is 2.39. The highest BCUT2D eigenvalue weighted by atomic mass is 28.4. The molecule has 0 saturated carbocycles. The zero-order chi connectivity index (χ0) is 24.8. The van der Waals surface area contributed by atoms with Crippen molar-refractivity contribution >= 4 is 27.0 Å². The summed E-state index contributed by atoms with van der Waals surface area (Å²) in [7, 11) is -4.36. The van der Waals surface area contributed by atoms with Gasteiger partial charge in [-0.05, 0) is 53.3 Å². The van der Waals surface area contributed by atoms with Gasteiger partial charge >= 0.3 is 0 Å². The third-order valence-electron chi connectivity index (χ3n) is 7.10. The molecule has 0 aliphatic heterocycles. The lowest BCUT2D eigenvalue weighted by molar-refractivity contribution is 0.148. The van der Waals surface area contributed by atoms with Gasteiger partial charge in [0.05, 0.1) is 6.10 Å². The van der Waals surface area contributed by atoms with E-state index in [1.807, 2.05) is 0 Å². The number of rotatable bonds is 10. The zero-order valence-electron chi connectivity index (χ0n) is 22.4. The molecule has 0 fully saturated rings. The Morgan fingerprint density at radius 2 is 1.27 bits per heavy atom.